The summed E-state index contributed by atoms with van der Waals surface area (Å²) < 4.78 is 13.4. The molecule has 0 unspecified atom stereocenters. The molecule has 3 aromatic carbocycles. The number of carbonyl (C=O) groups excluding carboxylic acids is 1. The van der Waals surface area contributed by atoms with E-state index in [1.807, 2.05) is 37.3 Å². The van der Waals surface area contributed by atoms with Gasteiger partial charge in [0.15, 0.2) is 0 Å². The Balaban J connectivity index is 1.87. The Morgan fingerprint density at radius 2 is 1.77 bits per heavy atom. The van der Waals surface area contributed by atoms with Crippen LogP contribution >= 0.6 is 11.6 Å². The molecular weight excluding hydrogens is 351 g/mol. The Labute approximate surface area is 156 Å². The highest BCUT2D eigenvalue weighted by Crippen LogP contribution is 2.37. The number of rotatable bonds is 2. The van der Waals surface area contributed by atoms with E-state index in [0.717, 1.165) is 16.8 Å². The van der Waals surface area contributed by atoms with E-state index < -0.39 is 6.17 Å². The molecule has 1 aliphatic rings. The van der Waals surface area contributed by atoms with E-state index in [4.69, 9.17) is 11.6 Å². The van der Waals surface area contributed by atoms with Crippen LogP contribution < -0.4 is 10.2 Å². The topological polar surface area (TPSA) is 32.3 Å². The number of nitrogens with one attached hydrogen (secondary N) is 1. The van der Waals surface area contributed by atoms with Gasteiger partial charge < -0.3 is 5.32 Å². The number of aryl methyl sites for hydroxylation is 1. The molecule has 1 aliphatic heterocycles. The number of halogens is 2. The van der Waals surface area contributed by atoms with E-state index in [-0.39, 0.29) is 11.7 Å². The van der Waals surface area contributed by atoms with Gasteiger partial charge >= 0.3 is 0 Å². The highest BCUT2D eigenvalue weighted by atomic mass is 35.5. The molecule has 0 bridgehead atoms. The molecule has 1 amide bonds. The third-order valence-electron chi connectivity index (χ3n) is 4.55. The van der Waals surface area contributed by atoms with Crippen LogP contribution in [0, 0.1) is 12.7 Å². The zero-order chi connectivity index (χ0) is 18.3. The summed E-state index contributed by atoms with van der Waals surface area (Å²) in [4.78, 5) is 14.9. The van der Waals surface area contributed by atoms with E-state index >= 15 is 0 Å². The molecule has 4 rings (SSSR count). The first-order chi connectivity index (χ1) is 12.5. The average molecular weight is 367 g/mol. The Hall–Kier alpha value is -2.85. The van der Waals surface area contributed by atoms with Crippen molar-refractivity contribution >= 4 is 28.9 Å². The van der Waals surface area contributed by atoms with Crippen molar-refractivity contribution < 1.29 is 9.18 Å². The van der Waals surface area contributed by atoms with Gasteiger partial charge in [0, 0.05) is 16.4 Å². The van der Waals surface area contributed by atoms with Gasteiger partial charge in [-0.25, -0.2) is 4.39 Å². The molecule has 0 spiro atoms. The first kappa shape index (κ1) is 16.6. The summed E-state index contributed by atoms with van der Waals surface area (Å²) in [5, 5.41) is 3.98. The van der Waals surface area contributed by atoms with Crippen molar-refractivity contribution in [3.63, 3.8) is 0 Å². The molecule has 0 aromatic heterocycles. The van der Waals surface area contributed by atoms with Crippen LogP contribution in [0.1, 0.15) is 27.7 Å². The van der Waals surface area contributed by atoms with Gasteiger partial charge in [-0.15, -0.1) is 0 Å². The second-order valence-electron chi connectivity index (χ2n) is 6.25. The highest BCUT2D eigenvalue weighted by Gasteiger charge is 2.34. The van der Waals surface area contributed by atoms with E-state index in [1.54, 1.807) is 29.2 Å². The molecule has 0 saturated carbocycles. The smallest absolute Gasteiger partial charge is 0.262 e. The molecule has 0 saturated heterocycles. The molecule has 26 heavy (non-hydrogen) atoms. The first-order valence-corrected chi connectivity index (χ1v) is 8.63. The van der Waals surface area contributed by atoms with E-state index in [9.17, 15) is 9.18 Å². The highest BCUT2D eigenvalue weighted by molar-refractivity contribution is 6.31. The van der Waals surface area contributed by atoms with Crippen LogP contribution in [-0.4, -0.2) is 5.91 Å². The maximum absolute atomic E-state index is 13.4. The summed E-state index contributed by atoms with van der Waals surface area (Å²) in [6, 6.07) is 19.0. The monoisotopic (exact) mass is 366 g/mol. The van der Waals surface area contributed by atoms with E-state index in [1.165, 1.54) is 12.1 Å². The number of hydrogen-bond donors (Lipinski definition) is 1. The Kier molecular flexibility index (Phi) is 4.13. The minimum absolute atomic E-state index is 0.131. The molecule has 0 fully saturated rings. The zero-order valence-corrected chi connectivity index (χ0v) is 14.8. The van der Waals surface area contributed by atoms with Crippen LogP contribution in [-0.2, 0) is 0 Å². The van der Waals surface area contributed by atoms with Crippen molar-refractivity contribution in [2.24, 2.45) is 0 Å². The summed E-state index contributed by atoms with van der Waals surface area (Å²) in [6.07, 6.45) is -0.461. The van der Waals surface area contributed by atoms with Crippen LogP contribution in [0.3, 0.4) is 0 Å². The number of hydrogen-bond acceptors (Lipinski definition) is 2. The summed E-state index contributed by atoms with van der Waals surface area (Å²) >= 11 is 6.29. The minimum atomic E-state index is -0.461. The number of benzene rings is 3. The number of nitrogens with zero attached hydrogens (tertiary/aromatic N) is 1. The quantitative estimate of drug-likeness (QED) is 0.644. The van der Waals surface area contributed by atoms with Crippen LogP contribution in [0.25, 0.3) is 0 Å². The zero-order valence-electron chi connectivity index (χ0n) is 14.0. The molecule has 130 valence electrons. The Bertz CT molecular complexity index is 988. The van der Waals surface area contributed by atoms with Crippen molar-refractivity contribution in [3.8, 4) is 0 Å². The number of anilines is 2. The second-order valence-corrected chi connectivity index (χ2v) is 6.66. The maximum atomic E-state index is 13.4. The van der Waals surface area contributed by atoms with Gasteiger partial charge in [-0.2, -0.15) is 0 Å². The molecule has 1 heterocycles. The molecule has 3 nitrogen and oxygen atoms in total. The van der Waals surface area contributed by atoms with Crippen molar-refractivity contribution in [3.05, 3.63) is 94.3 Å². The minimum Gasteiger partial charge on any atom is -0.360 e. The van der Waals surface area contributed by atoms with Gasteiger partial charge in [-0.3, -0.25) is 9.69 Å². The lowest BCUT2D eigenvalue weighted by Gasteiger charge is -2.38. The normalized spacial score (nSPS) is 16.2. The lowest BCUT2D eigenvalue weighted by Crippen LogP contribution is -2.43. The number of fused-ring (bicyclic) bond motifs is 1. The molecular formula is C21H16ClFN2O. The molecule has 3 aromatic rings. The summed E-state index contributed by atoms with van der Waals surface area (Å²) in [6.45, 7) is 1.91. The van der Waals surface area contributed by atoms with Gasteiger partial charge in [-0.05, 0) is 54.4 Å². The molecule has 0 radical (unpaired) electrons. The lowest BCUT2D eigenvalue weighted by atomic mass is 10.0. The standard InChI is InChI=1S/C21H16ClFN2O/c1-13-6-11-16(12-18(13)22)25-20(14-7-9-15(23)10-8-14)24-19-5-3-2-4-17(19)21(25)26/h2-12,20,24H,1H3/t20-/m1/s1. The van der Waals surface area contributed by atoms with Gasteiger partial charge in [-0.1, -0.05) is 41.9 Å². The van der Waals surface area contributed by atoms with Gasteiger partial charge in [0.05, 0.1) is 5.56 Å². The second kappa shape index (κ2) is 6.46. The van der Waals surface area contributed by atoms with Crippen LogP contribution in [0.2, 0.25) is 5.02 Å². The fourth-order valence-electron chi connectivity index (χ4n) is 3.13. The molecule has 1 N–H and O–H groups in total. The number of para-hydroxylation sites is 1. The fourth-order valence-corrected chi connectivity index (χ4v) is 3.30. The van der Waals surface area contributed by atoms with Crippen molar-refractivity contribution in [1.29, 1.82) is 0 Å². The first-order valence-electron chi connectivity index (χ1n) is 8.25. The van der Waals surface area contributed by atoms with Crippen LogP contribution in [0.15, 0.2) is 66.7 Å². The van der Waals surface area contributed by atoms with Crippen LogP contribution in [0.4, 0.5) is 15.8 Å². The Morgan fingerprint density at radius 3 is 2.50 bits per heavy atom. The predicted octanol–water partition coefficient (Wildman–Crippen LogP) is 5.56. The fraction of sp³-hybridized carbons (Fsp3) is 0.0952. The third-order valence-corrected chi connectivity index (χ3v) is 4.95. The Morgan fingerprint density at radius 1 is 1.04 bits per heavy atom. The molecule has 0 aliphatic carbocycles. The maximum Gasteiger partial charge on any atom is 0.262 e. The number of amides is 1. The van der Waals surface area contributed by atoms with Crippen molar-refractivity contribution in [1.82, 2.24) is 0 Å². The molecule has 5 heteroatoms. The third kappa shape index (κ3) is 2.82. The summed E-state index contributed by atoms with van der Waals surface area (Å²) in [7, 11) is 0. The van der Waals surface area contributed by atoms with E-state index in [0.29, 0.717) is 16.3 Å². The lowest BCUT2D eigenvalue weighted by molar-refractivity contribution is 0.0975. The van der Waals surface area contributed by atoms with Gasteiger partial charge in [0.25, 0.3) is 5.91 Å². The molecule has 1 atom stereocenters. The largest absolute Gasteiger partial charge is 0.360 e. The van der Waals surface area contributed by atoms with E-state index in [2.05, 4.69) is 5.32 Å². The summed E-state index contributed by atoms with van der Waals surface area (Å²) in [5.74, 6) is -0.449. The van der Waals surface area contributed by atoms with Crippen molar-refractivity contribution in [2.75, 3.05) is 10.2 Å². The van der Waals surface area contributed by atoms with Gasteiger partial charge in [0.2, 0.25) is 0 Å². The summed E-state index contributed by atoms with van der Waals surface area (Å²) in [5.41, 5.74) is 3.74. The SMILES string of the molecule is Cc1ccc(N2C(=O)c3ccccc3N[C@H]2c2ccc(F)cc2)cc1Cl. The van der Waals surface area contributed by atoms with Gasteiger partial charge in [0.1, 0.15) is 12.0 Å². The van der Waals surface area contributed by atoms with Crippen molar-refractivity contribution in [2.45, 2.75) is 13.1 Å². The average Bonchev–Trinajstić information content (AvgIpc) is 2.65. The number of carbonyl (C=O) groups is 1. The predicted molar refractivity (Wildman–Crippen MR) is 102 cm³/mol. The van der Waals surface area contributed by atoms with Crippen LogP contribution in [0.5, 0.6) is 0 Å².